The second-order valence-electron chi connectivity index (χ2n) is 6.16. The second-order valence-corrected chi connectivity index (χ2v) is 6.16. The van der Waals surface area contributed by atoms with Gasteiger partial charge in [-0.2, -0.15) is 0 Å². The lowest BCUT2D eigenvalue weighted by Crippen LogP contribution is -2.16. The molecule has 0 bridgehead atoms. The molecule has 3 rings (SSSR count). The molecule has 26 heavy (non-hydrogen) atoms. The van der Waals surface area contributed by atoms with Crippen molar-refractivity contribution in [1.29, 1.82) is 0 Å². The zero-order valence-electron chi connectivity index (χ0n) is 14.8. The van der Waals surface area contributed by atoms with E-state index in [4.69, 9.17) is 9.47 Å². The zero-order valence-corrected chi connectivity index (χ0v) is 14.8. The number of carbonyl (C=O) groups is 1. The van der Waals surface area contributed by atoms with Crippen LogP contribution in [0, 0.1) is 6.92 Å². The molecule has 132 valence electrons. The number of benzene rings is 3. The van der Waals surface area contributed by atoms with E-state index < -0.39 is 0 Å². The van der Waals surface area contributed by atoms with Crippen LogP contribution >= 0.6 is 0 Å². The van der Waals surface area contributed by atoms with Crippen LogP contribution in [0.5, 0.6) is 0 Å². The summed E-state index contributed by atoms with van der Waals surface area (Å²) in [5, 5.41) is 0. The number of hydrogen-bond acceptors (Lipinski definition) is 3. The molecule has 0 N–H and O–H groups in total. The van der Waals surface area contributed by atoms with E-state index in [1.165, 1.54) is 0 Å². The standard InChI is InChI=1S/C23H22O3/c1-18-9-8-10-19(15-18)16-25-22(24)17-26-23(20-11-4-2-5-12-20)21-13-6-3-7-14-21/h2-15,23H,16-17H2,1H3. The lowest BCUT2D eigenvalue weighted by Gasteiger charge is -2.18. The highest BCUT2D eigenvalue weighted by Crippen LogP contribution is 2.25. The van der Waals surface area contributed by atoms with Gasteiger partial charge in [-0.3, -0.25) is 0 Å². The van der Waals surface area contributed by atoms with Gasteiger partial charge in [-0.25, -0.2) is 4.79 Å². The molecule has 0 radical (unpaired) electrons. The summed E-state index contributed by atoms with van der Waals surface area (Å²) in [4.78, 5) is 12.1. The van der Waals surface area contributed by atoms with Crippen molar-refractivity contribution in [2.24, 2.45) is 0 Å². The molecule has 0 saturated carbocycles. The van der Waals surface area contributed by atoms with E-state index in [2.05, 4.69) is 0 Å². The molecule has 0 heterocycles. The third kappa shape index (κ3) is 5.04. The van der Waals surface area contributed by atoms with Crippen molar-refractivity contribution in [2.45, 2.75) is 19.6 Å². The molecule has 0 saturated heterocycles. The third-order valence-corrected chi connectivity index (χ3v) is 4.05. The Morgan fingerprint density at radius 3 is 2.04 bits per heavy atom. The van der Waals surface area contributed by atoms with Crippen LogP contribution in [-0.2, 0) is 20.9 Å². The summed E-state index contributed by atoms with van der Waals surface area (Å²) in [5.41, 5.74) is 4.12. The van der Waals surface area contributed by atoms with E-state index in [0.29, 0.717) is 0 Å². The molecule has 0 aliphatic heterocycles. The largest absolute Gasteiger partial charge is 0.459 e. The average Bonchev–Trinajstić information content (AvgIpc) is 2.68. The monoisotopic (exact) mass is 346 g/mol. The highest BCUT2D eigenvalue weighted by Gasteiger charge is 2.16. The van der Waals surface area contributed by atoms with Crippen LogP contribution in [0.2, 0.25) is 0 Å². The number of carbonyl (C=O) groups excluding carboxylic acids is 1. The van der Waals surface area contributed by atoms with E-state index >= 15 is 0 Å². The van der Waals surface area contributed by atoms with Crippen LogP contribution in [0.1, 0.15) is 28.4 Å². The molecule has 0 aliphatic carbocycles. The van der Waals surface area contributed by atoms with Gasteiger partial charge in [-0.15, -0.1) is 0 Å². The average molecular weight is 346 g/mol. The van der Waals surface area contributed by atoms with Crippen molar-refractivity contribution in [1.82, 2.24) is 0 Å². The molecule has 3 aromatic rings. The Bertz CT molecular complexity index is 789. The molecule has 0 unspecified atom stereocenters. The Balaban J connectivity index is 1.61. The number of hydrogen-bond donors (Lipinski definition) is 0. The van der Waals surface area contributed by atoms with Crippen LogP contribution in [-0.4, -0.2) is 12.6 Å². The van der Waals surface area contributed by atoms with E-state index in [1.54, 1.807) is 0 Å². The fourth-order valence-corrected chi connectivity index (χ4v) is 2.80. The summed E-state index contributed by atoms with van der Waals surface area (Å²) >= 11 is 0. The molecular weight excluding hydrogens is 324 g/mol. The first-order valence-corrected chi connectivity index (χ1v) is 8.65. The Kier molecular flexibility index (Phi) is 6.18. The minimum absolute atomic E-state index is 0.0970. The highest BCUT2D eigenvalue weighted by molar-refractivity contribution is 5.70. The maximum Gasteiger partial charge on any atom is 0.332 e. The van der Waals surface area contributed by atoms with Gasteiger partial charge >= 0.3 is 5.97 Å². The van der Waals surface area contributed by atoms with Crippen LogP contribution in [0.4, 0.5) is 0 Å². The Morgan fingerprint density at radius 2 is 1.46 bits per heavy atom. The third-order valence-electron chi connectivity index (χ3n) is 4.05. The van der Waals surface area contributed by atoms with Crippen molar-refractivity contribution < 1.29 is 14.3 Å². The van der Waals surface area contributed by atoms with Crippen molar-refractivity contribution in [2.75, 3.05) is 6.61 Å². The number of rotatable bonds is 7. The van der Waals surface area contributed by atoms with Gasteiger partial charge in [0.15, 0.2) is 0 Å². The van der Waals surface area contributed by atoms with Gasteiger partial charge in [0, 0.05) is 0 Å². The Hall–Kier alpha value is -2.91. The van der Waals surface area contributed by atoms with Gasteiger partial charge < -0.3 is 9.47 Å². The summed E-state index contributed by atoms with van der Waals surface area (Å²) in [6.45, 7) is 2.17. The minimum Gasteiger partial charge on any atom is -0.459 e. The molecule has 0 amide bonds. The fourth-order valence-electron chi connectivity index (χ4n) is 2.80. The maximum absolute atomic E-state index is 12.1. The highest BCUT2D eigenvalue weighted by atomic mass is 16.6. The summed E-state index contributed by atoms with van der Waals surface area (Å²) < 4.78 is 11.3. The van der Waals surface area contributed by atoms with Crippen molar-refractivity contribution >= 4 is 5.97 Å². The van der Waals surface area contributed by atoms with Gasteiger partial charge in [-0.05, 0) is 23.6 Å². The maximum atomic E-state index is 12.1. The van der Waals surface area contributed by atoms with E-state index in [-0.39, 0.29) is 25.3 Å². The Morgan fingerprint density at radius 1 is 0.846 bits per heavy atom. The van der Waals surface area contributed by atoms with Crippen LogP contribution in [0.3, 0.4) is 0 Å². The summed E-state index contributed by atoms with van der Waals surface area (Å²) in [5.74, 6) is -0.372. The van der Waals surface area contributed by atoms with Gasteiger partial charge in [0.05, 0.1) is 0 Å². The topological polar surface area (TPSA) is 35.5 Å². The molecule has 0 aliphatic rings. The summed E-state index contributed by atoms with van der Waals surface area (Å²) in [7, 11) is 0. The predicted octanol–water partition coefficient (Wildman–Crippen LogP) is 4.84. The second kappa shape index (κ2) is 8.97. The van der Waals surface area contributed by atoms with E-state index in [9.17, 15) is 4.79 Å². The van der Waals surface area contributed by atoms with Gasteiger partial charge in [0.1, 0.15) is 19.3 Å². The van der Waals surface area contributed by atoms with Gasteiger partial charge in [0.25, 0.3) is 0 Å². The van der Waals surface area contributed by atoms with E-state index in [0.717, 1.165) is 22.3 Å². The molecule has 3 heteroatoms. The molecule has 3 nitrogen and oxygen atoms in total. The van der Waals surface area contributed by atoms with E-state index in [1.807, 2.05) is 91.9 Å². The van der Waals surface area contributed by atoms with Crippen molar-refractivity contribution in [3.05, 3.63) is 107 Å². The Labute approximate surface area is 154 Å². The number of ether oxygens (including phenoxy) is 2. The first-order chi connectivity index (χ1) is 12.7. The lowest BCUT2D eigenvalue weighted by molar-refractivity contribution is -0.151. The molecule has 3 aromatic carbocycles. The SMILES string of the molecule is Cc1cccc(COC(=O)COC(c2ccccc2)c2ccccc2)c1. The molecule has 0 aromatic heterocycles. The van der Waals surface area contributed by atoms with Crippen molar-refractivity contribution in [3.63, 3.8) is 0 Å². The summed E-state index contributed by atoms with van der Waals surface area (Å²) in [6.07, 6.45) is -0.302. The smallest absolute Gasteiger partial charge is 0.332 e. The quantitative estimate of drug-likeness (QED) is 0.574. The number of aryl methyl sites for hydroxylation is 1. The van der Waals surface area contributed by atoms with Gasteiger partial charge in [-0.1, -0.05) is 90.5 Å². The first kappa shape index (κ1) is 17.9. The van der Waals surface area contributed by atoms with Crippen LogP contribution in [0.15, 0.2) is 84.9 Å². The molecule has 0 atom stereocenters. The number of esters is 1. The normalized spacial score (nSPS) is 10.7. The van der Waals surface area contributed by atoms with Crippen LogP contribution < -0.4 is 0 Å². The van der Waals surface area contributed by atoms with Gasteiger partial charge in [0.2, 0.25) is 0 Å². The van der Waals surface area contributed by atoms with Crippen molar-refractivity contribution in [3.8, 4) is 0 Å². The first-order valence-electron chi connectivity index (χ1n) is 8.65. The lowest BCUT2D eigenvalue weighted by atomic mass is 10.0. The predicted molar refractivity (Wildman–Crippen MR) is 102 cm³/mol. The summed E-state index contributed by atoms with van der Waals surface area (Å²) in [6, 6.07) is 27.7. The fraction of sp³-hybridized carbons (Fsp3) is 0.174. The van der Waals surface area contributed by atoms with Crippen LogP contribution in [0.25, 0.3) is 0 Å². The minimum atomic E-state index is -0.372. The molecular formula is C23H22O3. The zero-order chi connectivity index (χ0) is 18.2. The molecule has 0 fully saturated rings. The molecule has 0 spiro atoms.